The molecule has 1 aromatic carbocycles. The molecule has 0 bridgehead atoms. The van der Waals surface area contributed by atoms with Crippen LogP contribution in [-0.2, 0) is 16.6 Å². The number of nitrogens with zero attached hydrogens (tertiary/aromatic N) is 3. The number of hydrogen-bond acceptors (Lipinski definition) is 4. The highest BCUT2D eigenvalue weighted by Gasteiger charge is 2.23. The van der Waals surface area contributed by atoms with Gasteiger partial charge in [-0.25, -0.2) is 21.9 Å². The molecule has 1 saturated heterocycles. The molecule has 0 unspecified atom stereocenters. The molecule has 1 N–H and O–H groups in total. The lowest BCUT2D eigenvalue weighted by Crippen LogP contribution is -2.52. The van der Waals surface area contributed by atoms with Gasteiger partial charge in [-0.05, 0) is 12.1 Å². The van der Waals surface area contributed by atoms with Crippen LogP contribution in [0.4, 0.5) is 9.18 Å². The van der Waals surface area contributed by atoms with Crippen molar-refractivity contribution >= 4 is 27.7 Å². The molecule has 0 saturated carbocycles. The third-order valence-corrected chi connectivity index (χ3v) is 7.22. The Bertz CT molecular complexity index is 746. The molecule has 1 aromatic rings. The van der Waals surface area contributed by atoms with E-state index in [0.717, 1.165) is 0 Å². The molecule has 10 heteroatoms. The SMILES string of the molecule is CCN(CC)S(=O)(=O)CCNC(=O)N1CCN(Cc2c(F)cccc2Cl)CC1. The van der Waals surface area contributed by atoms with E-state index in [1.807, 2.05) is 4.90 Å². The van der Waals surface area contributed by atoms with E-state index in [1.165, 1.54) is 10.4 Å². The van der Waals surface area contributed by atoms with E-state index in [2.05, 4.69) is 5.32 Å². The Kier molecular flexibility index (Phi) is 8.48. The molecule has 0 spiro atoms. The molecule has 1 aliphatic heterocycles. The number of rotatable bonds is 8. The molecule has 1 aliphatic rings. The summed E-state index contributed by atoms with van der Waals surface area (Å²) in [6, 6.07) is 4.34. The number of urea groups is 1. The molecule has 158 valence electrons. The number of carbonyl (C=O) groups excluding carboxylic acids is 1. The van der Waals surface area contributed by atoms with Crippen molar-refractivity contribution in [1.29, 1.82) is 0 Å². The number of hydrogen-bond donors (Lipinski definition) is 1. The maximum atomic E-state index is 13.9. The first-order valence-electron chi connectivity index (χ1n) is 9.44. The lowest BCUT2D eigenvalue weighted by molar-refractivity contribution is 0.135. The number of nitrogens with one attached hydrogen (secondary N) is 1. The van der Waals surface area contributed by atoms with Gasteiger partial charge in [-0.3, -0.25) is 4.90 Å². The highest BCUT2D eigenvalue weighted by molar-refractivity contribution is 7.89. The second-order valence-corrected chi connectivity index (χ2v) is 9.09. The zero-order valence-electron chi connectivity index (χ0n) is 16.3. The van der Waals surface area contributed by atoms with Crippen molar-refractivity contribution in [1.82, 2.24) is 19.4 Å². The van der Waals surface area contributed by atoms with Crippen molar-refractivity contribution in [3.8, 4) is 0 Å². The molecule has 1 fully saturated rings. The van der Waals surface area contributed by atoms with Crippen LogP contribution in [0.1, 0.15) is 19.4 Å². The fourth-order valence-electron chi connectivity index (χ4n) is 3.16. The maximum Gasteiger partial charge on any atom is 0.317 e. The van der Waals surface area contributed by atoms with Crippen LogP contribution in [0.3, 0.4) is 0 Å². The van der Waals surface area contributed by atoms with E-state index < -0.39 is 10.0 Å². The van der Waals surface area contributed by atoms with Gasteiger partial charge in [-0.2, -0.15) is 0 Å². The van der Waals surface area contributed by atoms with Crippen molar-refractivity contribution < 1.29 is 17.6 Å². The Morgan fingerprint density at radius 2 is 1.86 bits per heavy atom. The van der Waals surface area contributed by atoms with E-state index in [-0.39, 0.29) is 24.1 Å². The highest BCUT2D eigenvalue weighted by atomic mass is 35.5. The highest BCUT2D eigenvalue weighted by Crippen LogP contribution is 2.21. The van der Waals surface area contributed by atoms with Crippen molar-refractivity contribution in [2.24, 2.45) is 0 Å². The number of benzene rings is 1. The first-order valence-corrected chi connectivity index (χ1v) is 11.4. The molecule has 28 heavy (non-hydrogen) atoms. The lowest BCUT2D eigenvalue weighted by atomic mass is 10.2. The summed E-state index contributed by atoms with van der Waals surface area (Å²) in [6.07, 6.45) is 0. The van der Waals surface area contributed by atoms with Crippen LogP contribution >= 0.6 is 11.6 Å². The monoisotopic (exact) mass is 434 g/mol. The van der Waals surface area contributed by atoms with E-state index in [0.29, 0.717) is 56.4 Å². The minimum atomic E-state index is -3.36. The summed E-state index contributed by atoms with van der Waals surface area (Å²) in [5.41, 5.74) is 0.462. The summed E-state index contributed by atoms with van der Waals surface area (Å²) in [5, 5.41) is 3.07. The Morgan fingerprint density at radius 1 is 1.21 bits per heavy atom. The van der Waals surface area contributed by atoms with Crippen LogP contribution in [0.25, 0.3) is 0 Å². The quantitative estimate of drug-likeness (QED) is 0.679. The van der Waals surface area contributed by atoms with Crippen LogP contribution in [-0.4, -0.2) is 80.1 Å². The van der Waals surface area contributed by atoms with Gasteiger partial charge in [0.25, 0.3) is 0 Å². The number of piperazine rings is 1. The summed E-state index contributed by atoms with van der Waals surface area (Å²) in [7, 11) is -3.36. The van der Waals surface area contributed by atoms with Crippen LogP contribution in [0.2, 0.25) is 5.02 Å². The normalized spacial score (nSPS) is 15.8. The predicted octanol–water partition coefficient (Wildman–Crippen LogP) is 1.98. The third-order valence-electron chi connectivity index (χ3n) is 4.84. The average Bonchev–Trinajstić information content (AvgIpc) is 2.66. The number of amides is 2. The molecule has 7 nitrogen and oxygen atoms in total. The van der Waals surface area contributed by atoms with E-state index in [4.69, 9.17) is 11.6 Å². The van der Waals surface area contributed by atoms with Crippen molar-refractivity contribution in [3.63, 3.8) is 0 Å². The van der Waals surface area contributed by atoms with E-state index in [9.17, 15) is 17.6 Å². The van der Waals surface area contributed by atoms with Crippen LogP contribution in [0.15, 0.2) is 18.2 Å². The lowest BCUT2D eigenvalue weighted by Gasteiger charge is -2.35. The zero-order chi connectivity index (χ0) is 20.7. The Labute approximate surface area is 171 Å². The van der Waals surface area contributed by atoms with Crippen LogP contribution < -0.4 is 5.32 Å². The standard InChI is InChI=1S/C18H28ClFN4O3S/c1-3-24(4-2)28(26,27)13-8-21-18(25)23-11-9-22(10-12-23)14-15-16(19)6-5-7-17(15)20/h5-7H,3-4,8-14H2,1-2H3,(H,21,25). The fourth-order valence-corrected chi connectivity index (χ4v) is 4.79. The number of halogens is 2. The summed E-state index contributed by atoms with van der Waals surface area (Å²) in [6.45, 7) is 7.03. The second-order valence-electron chi connectivity index (χ2n) is 6.60. The smallest absolute Gasteiger partial charge is 0.317 e. The van der Waals surface area contributed by atoms with Gasteiger partial charge in [0.05, 0.1) is 5.75 Å². The average molecular weight is 435 g/mol. The molecule has 0 atom stereocenters. The Morgan fingerprint density at radius 3 is 2.43 bits per heavy atom. The van der Waals surface area contributed by atoms with Gasteiger partial charge in [-0.15, -0.1) is 0 Å². The molecule has 2 rings (SSSR count). The topological polar surface area (TPSA) is 73.0 Å². The van der Waals surface area contributed by atoms with E-state index >= 15 is 0 Å². The third kappa shape index (κ3) is 6.04. The fraction of sp³-hybridized carbons (Fsp3) is 0.611. The number of carbonyl (C=O) groups is 1. The maximum absolute atomic E-state index is 13.9. The van der Waals surface area contributed by atoms with Gasteiger partial charge < -0.3 is 10.2 Å². The summed E-state index contributed by atoms with van der Waals surface area (Å²) >= 11 is 6.07. The molecular formula is C18H28ClFN4O3S. The molecule has 0 aromatic heterocycles. The largest absolute Gasteiger partial charge is 0.337 e. The molecular weight excluding hydrogens is 407 g/mol. The minimum absolute atomic E-state index is 0.0721. The van der Waals surface area contributed by atoms with E-state index in [1.54, 1.807) is 30.9 Å². The van der Waals surface area contributed by atoms with Gasteiger partial charge in [0, 0.05) is 62.9 Å². The van der Waals surface area contributed by atoms with Crippen LogP contribution in [0, 0.1) is 5.82 Å². The minimum Gasteiger partial charge on any atom is -0.337 e. The first kappa shape index (κ1) is 22.9. The summed E-state index contributed by atoms with van der Waals surface area (Å²) < 4.78 is 39.6. The molecule has 2 amide bonds. The van der Waals surface area contributed by atoms with Crippen LogP contribution in [0.5, 0.6) is 0 Å². The summed E-state index contributed by atoms with van der Waals surface area (Å²) in [5.74, 6) is -0.450. The molecule has 1 heterocycles. The van der Waals surface area contributed by atoms with Gasteiger partial charge in [-0.1, -0.05) is 31.5 Å². The van der Waals surface area contributed by atoms with Crippen molar-refractivity contribution in [3.05, 3.63) is 34.6 Å². The van der Waals surface area contributed by atoms with Gasteiger partial charge in [0.15, 0.2) is 0 Å². The predicted molar refractivity (Wildman–Crippen MR) is 108 cm³/mol. The van der Waals surface area contributed by atoms with Gasteiger partial charge >= 0.3 is 6.03 Å². The molecule has 0 radical (unpaired) electrons. The van der Waals surface area contributed by atoms with Gasteiger partial charge in [0.1, 0.15) is 5.82 Å². The van der Waals surface area contributed by atoms with Crippen molar-refractivity contribution in [2.75, 3.05) is 51.6 Å². The Balaban J connectivity index is 1.78. The second kappa shape index (κ2) is 10.4. The number of sulfonamides is 1. The summed E-state index contributed by atoms with van der Waals surface area (Å²) in [4.78, 5) is 16.0. The first-order chi connectivity index (χ1) is 13.3. The molecule has 0 aliphatic carbocycles. The Hall–Kier alpha value is -1.42. The van der Waals surface area contributed by atoms with Crippen molar-refractivity contribution in [2.45, 2.75) is 20.4 Å². The zero-order valence-corrected chi connectivity index (χ0v) is 17.9. The van der Waals surface area contributed by atoms with Gasteiger partial charge in [0.2, 0.25) is 10.0 Å².